The van der Waals surface area contributed by atoms with Crippen molar-refractivity contribution < 1.29 is 4.79 Å². The van der Waals surface area contributed by atoms with Crippen LogP contribution in [0.15, 0.2) is 30.4 Å². The van der Waals surface area contributed by atoms with E-state index in [2.05, 4.69) is 34.9 Å². The summed E-state index contributed by atoms with van der Waals surface area (Å²) < 4.78 is 1.73. The summed E-state index contributed by atoms with van der Waals surface area (Å²) in [6, 6.07) is 0. The van der Waals surface area contributed by atoms with Gasteiger partial charge in [0.2, 0.25) is 5.91 Å². The molecule has 0 saturated carbocycles. The summed E-state index contributed by atoms with van der Waals surface area (Å²) in [5.74, 6) is 0.145. The van der Waals surface area contributed by atoms with E-state index >= 15 is 0 Å². The van der Waals surface area contributed by atoms with Crippen LogP contribution in [0.5, 0.6) is 0 Å². The van der Waals surface area contributed by atoms with E-state index in [0.29, 0.717) is 6.54 Å². The van der Waals surface area contributed by atoms with Gasteiger partial charge in [-0.05, 0) is 39.2 Å². The fraction of sp³-hybridized carbons (Fsp3) is 0.571. The lowest BCUT2D eigenvalue weighted by molar-refractivity contribution is -0.135. The molecule has 2 aliphatic rings. The van der Waals surface area contributed by atoms with Crippen molar-refractivity contribution in [1.29, 1.82) is 0 Å². The van der Waals surface area contributed by atoms with E-state index in [1.165, 1.54) is 17.0 Å². The lowest BCUT2D eigenvalue weighted by Gasteiger charge is -2.50. The summed E-state index contributed by atoms with van der Waals surface area (Å²) in [6.45, 7) is 10.1. The summed E-state index contributed by atoms with van der Waals surface area (Å²) in [5.41, 5.74) is 4.80. The third kappa shape index (κ3) is 3.51. The van der Waals surface area contributed by atoms with Crippen LogP contribution in [0.25, 0.3) is 0 Å². The van der Waals surface area contributed by atoms with Crippen LogP contribution in [0.4, 0.5) is 0 Å². The molecule has 1 N–H and O–H groups in total. The maximum absolute atomic E-state index is 12.8. The molecule has 0 aliphatic carbocycles. The minimum absolute atomic E-state index is 0.0708. The Morgan fingerprint density at radius 1 is 1.29 bits per heavy atom. The first kappa shape index (κ1) is 18.9. The average Bonchev–Trinajstić information content (AvgIpc) is 3.31. The van der Waals surface area contributed by atoms with E-state index in [1.807, 2.05) is 24.3 Å². The largest absolute Gasteiger partial charge is 0.348 e. The number of allylic oxidation sites excluding steroid dienone is 1. The molecule has 2 aromatic heterocycles. The van der Waals surface area contributed by atoms with Crippen LogP contribution in [-0.2, 0) is 23.3 Å². The van der Waals surface area contributed by atoms with E-state index in [-0.39, 0.29) is 11.4 Å². The molecule has 1 amide bonds. The number of likely N-dealkylation sites (tertiary alicyclic amines) is 1. The van der Waals surface area contributed by atoms with E-state index in [1.54, 1.807) is 10.9 Å². The summed E-state index contributed by atoms with van der Waals surface area (Å²) in [4.78, 5) is 25.4. The summed E-state index contributed by atoms with van der Waals surface area (Å²) in [5, 5.41) is 4.25. The number of piperidine rings is 1. The molecule has 0 aromatic carbocycles. The van der Waals surface area contributed by atoms with Crippen molar-refractivity contribution in [3.8, 4) is 0 Å². The number of H-pyrrole nitrogens is 1. The van der Waals surface area contributed by atoms with E-state index in [4.69, 9.17) is 4.98 Å². The number of carbonyl (C=O) groups excluding carboxylic acids is 1. The Morgan fingerprint density at radius 3 is 2.75 bits per heavy atom. The number of nitrogens with one attached hydrogen (secondary N) is 1. The molecular weight excluding hydrogens is 352 g/mol. The Bertz CT molecular complexity index is 867. The lowest BCUT2D eigenvalue weighted by Crippen LogP contribution is -2.57. The second-order valence-electron chi connectivity index (χ2n) is 8.33. The van der Waals surface area contributed by atoms with Crippen molar-refractivity contribution in [2.24, 2.45) is 0 Å². The van der Waals surface area contributed by atoms with Crippen LogP contribution >= 0.6 is 0 Å². The van der Waals surface area contributed by atoms with Gasteiger partial charge in [-0.1, -0.05) is 11.6 Å². The Kier molecular flexibility index (Phi) is 5.10. The Labute approximate surface area is 166 Å². The van der Waals surface area contributed by atoms with Crippen molar-refractivity contribution in [3.05, 3.63) is 47.3 Å². The molecular formula is C21H30N6O. The van der Waals surface area contributed by atoms with Gasteiger partial charge in [-0.25, -0.2) is 4.98 Å². The SMILES string of the molecule is CC(C)=CCN1CCc2[nH]cnc2C12CCN(C(=O)Cn1cc(C)cn1)CC2. The van der Waals surface area contributed by atoms with Crippen LogP contribution in [-0.4, -0.2) is 61.6 Å². The first-order chi connectivity index (χ1) is 13.5. The molecule has 0 atom stereocenters. The van der Waals surface area contributed by atoms with Gasteiger partial charge in [0.25, 0.3) is 0 Å². The zero-order valence-corrected chi connectivity index (χ0v) is 17.1. The molecule has 4 rings (SSSR count). The predicted molar refractivity (Wildman–Crippen MR) is 108 cm³/mol. The van der Waals surface area contributed by atoms with E-state index < -0.39 is 0 Å². The quantitative estimate of drug-likeness (QED) is 0.824. The fourth-order valence-electron chi connectivity index (χ4n) is 4.55. The summed E-state index contributed by atoms with van der Waals surface area (Å²) in [6.07, 6.45) is 10.7. The molecule has 1 spiro atoms. The van der Waals surface area contributed by atoms with Crippen LogP contribution in [0.1, 0.15) is 43.6 Å². The number of aromatic amines is 1. The van der Waals surface area contributed by atoms with Crippen molar-refractivity contribution in [2.75, 3.05) is 26.2 Å². The van der Waals surface area contributed by atoms with Gasteiger partial charge < -0.3 is 9.88 Å². The zero-order valence-electron chi connectivity index (χ0n) is 17.1. The van der Waals surface area contributed by atoms with Crippen molar-refractivity contribution in [3.63, 3.8) is 0 Å². The summed E-state index contributed by atoms with van der Waals surface area (Å²) in [7, 11) is 0. The molecule has 4 heterocycles. The minimum atomic E-state index is -0.0708. The van der Waals surface area contributed by atoms with Gasteiger partial charge in [-0.3, -0.25) is 14.4 Å². The highest BCUT2D eigenvalue weighted by molar-refractivity contribution is 5.76. The van der Waals surface area contributed by atoms with Gasteiger partial charge in [0.15, 0.2) is 0 Å². The third-order valence-corrected chi connectivity index (χ3v) is 6.12. The number of imidazole rings is 1. The molecule has 1 saturated heterocycles. The molecule has 2 aliphatic heterocycles. The molecule has 7 heteroatoms. The number of fused-ring (bicyclic) bond motifs is 2. The standard InChI is InChI=1S/C21H30N6O/c1-16(2)4-8-26-9-5-18-20(23-15-22-18)21(26)6-10-25(11-7-21)19(28)14-27-13-17(3)12-24-27/h4,12-13,15H,5-11,14H2,1-3H3,(H,22,23). The summed E-state index contributed by atoms with van der Waals surface area (Å²) >= 11 is 0. The number of aromatic nitrogens is 4. The molecule has 0 unspecified atom stereocenters. The van der Waals surface area contributed by atoms with Crippen LogP contribution in [0.3, 0.4) is 0 Å². The first-order valence-electron chi connectivity index (χ1n) is 10.2. The minimum Gasteiger partial charge on any atom is -0.348 e. The molecule has 0 bridgehead atoms. The first-order valence-corrected chi connectivity index (χ1v) is 10.2. The predicted octanol–water partition coefficient (Wildman–Crippen LogP) is 2.26. The smallest absolute Gasteiger partial charge is 0.244 e. The number of aryl methyl sites for hydroxylation is 1. The molecule has 28 heavy (non-hydrogen) atoms. The van der Waals surface area contributed by atoms with Crippen LogP contribution in [0.2, 0.25) is 0 Å². The Hall–Kier alpha value is -2.41. The number of carbonyl (C=O) groups is 1. The highest BCUT2D eigenvalue weighted by atomic mass is 16.2. The second kappa shape index (κ2) is 7.54. The Balaban J connectivity index is 1.50. The van der Waals surface area contributed by atoms with Gasteiger partial charge in [-0.15, -0.1) is 0 Å². The molecule has 1 fully saturated rings. The maximum Gasteiger partial charge on any atom is 0.244 e. The average molecular weight is 383 g/mol. The van der Waals surface area contributed by atoms with Crippen molar-refractivity contribution in [1.82, 2.24) is 29.5 Å². The van der Waals surface area contributed by atoms with Crippen LogP contribution in [0, 0.1) is 6.92 Å². The van der Waals surface area contributed by atoms with E-state index in [0.717, 1.165) is 51.0 Å². The highest BCUT2D eigenvalue weighted by Crippen LogP contribution is 2.42. The molecule has 0 radical (unpaired) electrons. The number of amides is 1. The monoisotopic (exact) mass is 382 g/mol. The maximum atomic E-state index is 12.8. The fourth-order valence-corrected chi connectivity index (χ4v) is 4.55. The van der Waals surface area contributed by atoms with Gasteiger partial charge in [-0.2, -0.15) is 5.10 Å². The Morgan fingerprint density at radius 2 is 2.07 bits per heavy atom. The number of hydrogen-bond donors (Lipinski definition) is 1. The topological polar surface area (TPSA) is 70.1 Å². The number of rotatable bonds is 4. The van der Waals surface area contributed by atoms with Gasteiger partial charge >= 0.3 is 0 Å². The molecule has 150 valence electrons. The number of hydrogen-bond acceptors (Lipinski definition) is 4. The van der Waals surface area contributed by atoms with Gasteiger partial charge in [0, 0.05) is 44.5 Å². The molecule has 2 aromatic rings. The van der Waals surface area contributed by atoms with Crippen molar-refractivity contribution >= 4 is 5.91 Å². The van der Waals surface area contributed by atoms with Crippen molar-refractivity contribution in [2.45, 2.75) is 52.1 Å². The normalized spacial score (nSPS) is 18.9. The van der Waals surface area contributed by atoms with Gasteiger partial charge in [0.1, 0.15) is 6.54 Å². The second-order valence-corrected chi connectivity index (χ2v) is 8.33. The number of nitrogens with zero attached hydrogens (tertiary/aromatic N) is 5. The zero-order chi connectivity index (χ0) is 19.7. The van der Waals surface area contributed by atoms with Crippen LogP contribution < -0.4 is 0 Å². The lowest BCUT2D eigenvalue weighted by atomic mass is 9.78. The van der Waals surface area contributed by atoms with Gasteiger partial charge in [0.05, 0.1) is 23.8 Å². The highest BCUT2D eigenvalue weighted by Gasteiger charge is 2.46. The molecule has 7 nitrogen and oxygen atoms in total. The third-order valence-electron chi connectivity index (χ3n) is 6.12. The van der Waals surface area contributed by atoms with E-state index in [9.17, 15) is 4.79 Å².